The number of halogens is 3. The number of carbonyl (C=O) groups is 2. The number of carbonyl (C=O) groups excluding carboxylic acids is 1. The third kappa shape index (κ3) is 6.28. The quantitative estimate of drug-likeness (QED) is 0.201. The normalized spacial score (nSPS) is 12.3. The summed E-state index contributed by atoms with van der Waals surface area (Å²) >= 11 is 0. The Morgan fingerprint density at radius 3 is 2.37 bits per heavy atom. The molecule has 0 saturated carbocycles. The second-order valence-corrected chi connectivity index (χ2v) is 10.4. The van der Waals surface area contributed by atoms with Crippen LogP contribution in [0.4, 0.5) is 13.2 Å². The summed E-state index contributed by atoms with van der Waals surface area (Å²) in [5.74, 6) is -3.15. The van der Waals surface area contributed by atoms with E-state index in [1.165, 1.54) is 11.0 Å². The fourth-order valence-electron chi connectivity index (χ4n) is 4.88. The molecular formula is C33H28F3N3O4. The van der Waals surface area contributed by atoms with Crippen LogP contribution in [0.5, 0.6) is 0 Å². The predicted molar refractivity (Wildman–Crippen MR) is 154 cm³/mol. The minimum absolute atomic E-state index is 0.0117. The van der Waals surface area contributed by atoms with Crippen LogP contribution in [0.25, 0.3) is 22.2 Å². The maximum absolute atomic E-state index is 14.1. The number of benzene rings is 2. The number of furan rings is 1. The Hall–Kier alpha value is -4.99. The van der Waals surface area contributed by atoms with Crippen molar-refractivity contribution >= 4 is 22.9 Å². The SMILES string of the molecule is Cc1nc2cccnc2c(C(=O)N(Cc2ccc(-c3cccc(C(C)C(=O)O)c3)cc2)Cc2ccc(C(F)(F)F)o2)c1C. The number of rotatable bonds is 8. The molecule has 220 valence electrons. The Morgan fingerprint density at radius 1 is 0.953 bits per heavy atom. The predicted octanol–water partition coefficient (Wildman–Crippen LogP) is 7.56. The highest BCUT2D eigenvalue weighted by Gasteiger charge is 2.35. The van der Waals surface area contributed by atoms with Crippen LogP contribution in [-0.2, 0) is 24.1 Å². The van der Waals surface area contributed by atoms with E-state index in [0.717, 1.165) is 22.8 Å². The van der Waals surface area contributed by atoms with Gasteiger partial charge in [-0.2, -0.15) is 13.2 Å². The molecule has 10 heteroatoms. The zero-order valence-corrected chi connectivity index (χ0v) is 23.6. The number of carboxylic acids is 1. The number of pyridine rings is 2. The molecular weight excluding hydrogens is 559 g/mol. The van der Waals surface area contributed by atoms with Crippen molar-refractivity contribution in [2.24, 2.45) is 0 Å². The Kier molecular flexibility index (Phi) is 8.04. The van der Waals surface area contributed by atoms with Crippen molar-refractivity contribution in [3.8, 4) is 11.1 Å². The second-order valence-electron chi connectivity index (χ2n) is 10.4. The molecule has 0 bridgehead atoms. The average Bonchev–Trinajstić information content (AvgIpc) is 3.47. The third-order valence-electron chi connectivity index (χ3n) is 7.44. The van der Waals surface area contributed by atoms with Crippen LogP contribution in [0.1, 0.15) is 57.1 Å². The van der Waals surface area contributed by atoms with Gasteiger partial charge in [0, 0.05) is 18.4 Å². The number of hydrogen-bond donors (Lipinski definition) is 1. The van der Waals surface area contributed by atoms with Gasteiger partial charge in [0.2, 0.25) is 5.76 Å². The lowest BCUT2D eigenvalue weighted by Gasteiger charge is -2.24. The number of aryl methyl sites for hydroxylation is 1. The first-order chi connectivity index (χ1) is 20.4. The number of amides is 1. The van der Waals surface area contributed by atoms with Crippen LogP contribution in [0.3, 0.4) is 0 Å². The van der Waals surface area contributed by atoms with Gasteiger partial charge in [-0.3, -0.25) is 19.6 Å². The highest BCUT2D eigenvalue weighted by atomic mass is 19.4. The van der Waals surface area contributed by atoms with E-state index in [1.54, 1.807) is 51.2 Å². The van der Waals surface area contributed by atoms with E-state index in [4.69, 9.17) is 4.42 Å². The van der Waals surface area contributed by atoms with E-state index in [9.17, 15) is 27.9 Å². The summed E-state index contributed by atoms with van der Waals surface area (Å²) in [4.78, 5) is 35.9. The van der Waals surface area contributed by atoms with Gasteiger partial charge >= 0.3 is 12.1 Å². The molecule has 1 N–H and O–H groups in total. The minimum Gasteiger partial charge on any atom is -0.481 e. The number of hydrogen-bond acceptors (Lipinski definition) is 5. The summed E-state index contributed by atoms with van der Waals surface area (Å²) in [7, 11) is 0. The van der Waals surface area contributed by atoms with Crippen molar-refractivity contribution in [3.05, 3.63) is 118 Å². The number of carboxylic acid groups (broad SMARTS) is 1. The molecule has 3 aromatic heterocycles. The summed E-state index contributed by atoms with van der Waals surface area (Å²) in [6, 6.07) is 20.2. The summed E-state index contributed by atoms with van der Waals surface area (Å²) < 4.78 is 44.8. The molecule has 0 radical (unpaired) electrons. The molecule has 5 aromatic rings. The molecule has 5 rings (SSSR count). The van der Waals surface area contributed by atoms with Crippen LogP contribution in [-0.4, -0.2) is 31.9 Å². The fourth-order valence-corrected chi connectivity index (χ4v) is 4.88. The van der Waals surface area contributed by atoms with Gasteiger partial charge in [0.1, 0.15) is 11.3 Å². The number of aromatic nitrogens is 2. The molecule has 1 atom stereocenters. The van der Waals surface area contributed by atoms with Crippen molar-refractivity contribution in [1.82, 2.24) is 14.9 Å². The fraction of sp³-hybridized carbons (Fsp3) is 0.212. The molecule has 0 aliphatic rings. The van der Waals surface area contributed by atoms with E-state index in [-0.39, 0.29) is 18.8 Å². The van der Waals surface area contributed by atoms with Gasteiger partial charge in [0.05, 0.1) is 23.5 Å². The molecule has 1 unspecified atom stereocenters. The first-order valence-corrected chi connectivity index (χ1v) is 13.5. The van der Waals surface area contributed by atoms with Crippen LogP contribution < -0.4 is 0 Å². The first-order valence-electron chi connectivity index (χ1n) is 13.5. The Morgan fingerprint density at radius 2 is 1.70 bits per heavy atom. The maximum atomic E-state index is 14.1. The zero-order chi connectivity index (χ0) is 30.9. The van der Waals surface area contributed by atoms with Crippen LogP contribution in [0.15, 0.2) is 83.4 Å². The van der Waals surface area contributed by atoms with Gasteiger partial charge in [-0.05, 0) is 72.9 Å². The van der Waals surface area contributed by atoms with Gasteiger partial charge < -0.3 is 14.4 Å². The largest absolute Gasteiger partial charge is 0.481 e. The monoisotopic (exact) mass is 587 g/mol. The van der Waals surface area contributed by atoms with Crippen LogP contribution >= 0.6 is 0 Å². The number of alkyl halides is 3. The number of fused-ring (bicyclic) bond motifs is 1. The lowest BCUT2D eigenvalue weighted by Crippen LogP contribution is -2.31. The lowest BCUT2D eigenvalue weighted by molar-refractivity contribution is -0.153. The molecule has 0 aliphatic carbocycles. The van der Waals surface area contributed by atoms with Crippen molar-refractivity contribution in [2.75, 3.05) is 0 Å². The molecule has 1 amide bonds. The van der Waals surface area contributed by atoms with E-state index in [2.05, 4.69) is 9.97 Å². The van der Waals surface area contributed by atoms with E-state index in [0.29, 0.717) is 33.4 Å². The number of nitrogens with zero attached hydrogens (tertiary/aromatic N) is 3. The van der Waals surface area contributed by atoms with Crippen molar-refractivity contribution in [3.63, 3.8) is 0 Å². The van der Waals surface area contributed by atoms with E-state index in [1.807, 2.05) is 36.4 Å². The van der Waals surface area contributed by atoms with Gasteiger partial charge in [0.15, 0.2) is 0 Å². The lowest BCUT2D eigenvalue weighted by atomic mass is 9.96. The summed E-state index contributed by atoms with van der Waals surface area (Å²) in [6.45, 7) is 5.05. The van der Waals surface area contributed by atoms with Gasteiger partial charge in [0.25, 0.3) is 5.91 Å². The van der Waals surface area contributed by atoms with Gasteiger partial charge in [-0.25, -0.2) is 0 Å². The van der Waals surface area contributed by atoms with Crippen LogP contribution in [0.2, 0.25) is 0 Å². The molecule has 0 spiro atoms. The summed E-state index contributed by atoms with van der Waals surface area (Å²) in [5, 5.41) is 9.38. The third-order valence-corrected chi connectivity index (χ3v) is 7.44. The molecule has 43 heavy (non-hydrogen) atoms. The minimum atomic E-state index is -4.65. The first kappa shape index (κ1) is 29.5. The molecule has 0 aliphatic heterocycles. The van der Waals surface area contributed by atoms with Crippen molar-refractivity contribution in [1.29, 1.82) is 0 Å². The van der Waals surface area contributed by atoms with Crippen molar-refractivity contribution < 1.29 is 32.3 Å². The van der Waals surface area contributed by atoms with Crippen molar-refractivity contribution in [2.45, 2.75) is 46.0 Å². The Bertz CT molecular complexity index is 1810. The maximum Gasteiger partial charge on any atom is 0.449 e. The highest BCUT2D eigenvalue weighted by Crippen LogP contribution is 2.32. The summed E-state index contributed by atoms with van der Waals surface area (Å²) in [6.07, 6.45) is -3.09. The Balaban J connectivity index is 1.49. The van der Waals surface area contributed by atoms with Gasteiger partial charge in [-0.15, -0.1) is 0 Å². The smallest absolute Gasteiger partial charge is 0.449 e. The van der Waals surface area contributed by atoms with Crippen LogP contribution in [0, 0.1) is 13.8 Å². The van der Waals surface area contributed by atoms with E-state index < -0.39 is 29.7 Å². The topological polar surface area (TPSA) is 96.5 Å². The molecule has 3 heterocycles. The van der Waals surface area contributed by atoms with Gasteiger partial charge in [-0.1, -0.05) is 48.5 Å². The standard InChI is InChI=1S/C33H28F3N3O4/c1-19-21(3)38-27-8-5-15-37-30(27)29(19)31(40)39(18-26-13-14-28(43-26)33(34,35)36)17-22-9-11-23(12-10-22)25-7-4-6-24(16-25)20(2)32(41)42/h4-16,20H,17-18H2,1-3H3,(H,41,42). The molecule has 0 saturated heterocycles. The summed E-state index contributed by atoms with van der Waals surface area (Å²) in [5.41, 5.74) is 5.62. The second kappa shape index (κ2) is 11.7. The molecule has 7 nitrogen and oxygen atoms in total. The molecule has 0 fully saturated rings. The average molecular weight is 588 g/mol. The number of aliphatic carboxylic acids is 1. The van der Waals surface area contributed by atoms with E-state index >= 15 is 0 Å². The highest BCUT2D eigenvalue weighted by molar-refractivity contribution is 6.06. The Labute approximate surface area is 245 Å². The zero-order valence-electron chi connectivity index (χ0n) is 23.6. The molecule has 2 aromatic carbocycles.